The first-order valence-electron chi connectivity index (χ1n) is 13.8. The maximum Gasteiger partial charge on any atom is 0.409 e. The highest BCUT2D eigenvalue weighted by Gasteiger charge is 2.55. The lowest BCUT2D eigenvalue weighted by Gasteiger charge is -2.58. The van der Waals surface area contributed by atoms with Gasteiger partial charge in [0.25, 0.3) is 0 Å². The molecule has 1 unspecified atom stereocenters. The van der Waals surface area contributed by atoms with Crippen molar-refractivity contribution in [2.45, 2.75) is 78.0 Å². The summed E-state index contributed by atoms with van der Waals surface area (Å²) in [5.74, 6) is 0. The molecule has 2 aromatic heterocycles. The normalized spacial score (nSPS) is 21.1. The summed E-state index contributed by atoms with van der Waals surface area (Å²) in [6.07, 6.45) is 8.85. The van der Waals surface area contributed by atoms with Crippen LogP contribution in [0.15, 0.2) is 16.9 Å². The van der Waals surface area contributed by atoms with Gasteiger partial charge in [0.2, 0.25) is 0 Å². The van der Waals surface area contributed by atoms with Crippen molar-refractivity contribution in [3.05, 3.63) is 33.1 Å². The molecule has 1 aromatic carbocycles. The summed E-state index contributed by atoms with van der Waals surface area (Å²) in [6.45, 7) is 9.08. The van der Waals surface area contributed by atoms with E-state index in [1.165, 1.54) is 0 Å². The number of halogens is 2. The Morgan fingerprint density at radius 2 is 2.03 bits per heavy atom. The summed E-state index contributed by atoms with van der Waals surface area (Å²) < 4.78 is 16.4. The standard InChI is InChI=1S/C28H35BrClN5O3/c1-4-5-9-38-27(36)33-15-28(16-33)12-19(13-28)34-18(3)23(26(29)32-34)24-20-14-31-35(22-8-6-7-10-37-22)21(20)11-17(2)25(24)30/h11,14,19,22H,4-10,12-13,15-16H2,1-3H3. The van der Waals surface area contributed by atoms with Crippen LogP contribution in [0.25, 0.3) is 22.0 Å². The third kappa shape index (κ3) is 4.34. The number of carbonyl (C=O) groups is 1. The molecule has 4 heterocycles. The summed E-state index contributed by atoms with van der Waals surface area (Å²) in [6, 6.07) is 2.42. The van der Waals surface area contributed by atoms with Gasteiger partial charge in [0.1, 0.15) is 4.60 Å². The minimum absolute atomic E-state index is 0.0425. The molecule has 1 atom stereocenters. The number of hydrogen-bond acceptors (Lipinski definition) is 5. The molecule has 6 rings (SSSR count). The second kappa shape index (κ2) is 10.1. The molecule has 0 bridgehead atoms. The van der Waals surface area contributed by atoms with Crippen LogP contribution in [0.1, 0.15) is 75.4 Å². The first kappa shape index (κ1) is 26.1. The van der Waals surface area contributed by atoms with E-state index >= 15 is 0 Å². The topological polar surface area (TPSA) is 74.4 Å². The van der Waals surface area contributed by atoms with E-state index in [4.69, 9.17) is 31.3 Å². The Kier molecular flexibility index (Phi) is 6.97. The fraction of sp³-hybridized carbons (Fsp3) is 0.607. The molecule has 38 heavy (non-hydrogen) atoms. The summed E-state index contributed by atoms with van der Waals surface area (Å²) in [7, 11) is 0. The number of likely N-dealkylation sites (tertiary alicyclic amines) is 1. The largest absolute Gasteiger partial charge is 0.449 e. The molecule has 0 N–H and O–H groups in total. The van der Waals surface area contributed by atoms with Gasteiger partial charge in [-0.1, -0.05) is 24.9 Å². The second-order valence-electron chi connectivity index (χ2n) is 11.3. The maximum absolute atomic E-state index is 12.3. The molecule has 1 spiro atoms. The molecule has 2 saturated heterocycles. The maximum atomic E-state index is 12.3. The zero-order valence-electron chi connectivity index (χ0n) is 22.3. The number of benzene rings is 1. The minimum atomic E-state index is -0.176. The van der Waals surface area contributed by atoms with Gasteiger partial charge in [-0.3, -0.25) is 4.68 Å². The van der Waals surface area contributed by atoms with E-state index < -0.39 is 0 Å². The van der Waals surface area contributed by atoms with Crippen LogP contribution in [0.5, 0.6) is 0 Å². The van der Waals surface area contributed by atoms with Crippen LogP contribution in [0.3, 0.4) is 0 Å². The number of unbranched alkanes of at least 4 members (excludes halogenated alkanes) is 1. The number of carbonyl (C=O) groups excluding carboxylic acids is 1. The van der Waals surface area contributed by atoms with E-state index in [1.54, 1.807) is 0 Å². The van der Waals surface area contributed by atoms with Crippen molar-refractivity contribution < 1.29 is 14.3 Å². The predicted molar refractivity (Wildman–Crippen MR) is 151 cm³/mol. The highest BCUT2D eigenvalue weighted by Crippen LogP contribution is 2.55. The molecule has 1 aliphatic carbocycles. The number of ether oxygens (including phenoxy) is 2. The number of aryl methyl sites for hydroxylation is 1. The van der Waals surface area contributed by atoms with E-state index in [9.17, 15) is 4.79 Å². The van der Waals surface area contributed by atoms with Crippen LogP contribution in [0.2, 0.25) is 5.02 Å². The second-order valence-corrected chi connectivity index (χ2v) is 12.4. The molecule has 3 fully saturated rings. The Hall–Kier alpha value is -2.10. The van der Waals surface area contributed by atoms with Gasteiger partial charge in [0, 0.05) is 47.3 Å². The molecule has 2 aliphatic heterocycles. The predicted octanol–water partition coefficient (Wildman–Crippen LogP) is 7.21. The van der Waals surface area contributed by atoms with Crippen LogP contribution in [-0.4, -0.2) is 56.9 Å². The van der Waals surface area contributed by atoms with Gasteiger partial charge < -0.3 is 14.4 Å². The lowest BCUT2D eigenvalue weighted by atomic mass is 9.61. The molecular formula is C28H35BrClN5O3. The van der Waals surface area contributed by atoms with Crippen LogP contribution < -0.4 is 0 Å². The Balaban J connectivity index is 1.24. The monoisotopic (exact) mass is 603 g/mol. The number of hydrogen-bond donors (Lipinski definition) is 0. The molecule has 1 amide bonds. The van der Waals surface area contributed by atoms with Crippen molar-refractivity contribution in [2.24, 2.45) is 5.41 Å². The number of nitrogens with zero attached hydrogens (tertiary/aromatic N) is 5. The zero-order valence-corrected chi connectivity index (χ0v) is 24.6. The smallest absolute Gasteiger partial charge is 0.409 e. The van der Waals surface area contributed by atoms with Crippen LogP contribution in [0, 0.1) is 19.3 Å². The van der Waals surface area contributed by atoms with Crippen LogP contribution in [0.4, 0.5) is 4.79 Å². The van der Waals surface area contributed by atoms with E-state index in [2.05, 4.69) is 40.5 Å². The molecule has 10 heteroatoms. The van der Waals surface area contributed by atoms with Gasteiger partial charge in [-0.15, -0.1) is 0 Å². The van der Waals surface area contributed by atoms with Crippen molar-refractivity contribution in [3.63, 3.8) is 0 Å². The van der Waals surface area contributed by atoms with Crippen molar-refractivity contribution in [2.75, 3.05) is 26.3 Å². The van der Waals surface area contributed by atoms with E-state index in [0.717, 1.165) is 108 Å². The van der Waals surface area contributed by atoms with Crippen molar-refractivity contribution in [1.29, 1.82) is 0 Å². The third-order valence-corrected chi connectivity index (χ3v) is 9.57. The number of aromatic nitrogens is 4. The lowest BCUT2D eigenvalue weighted by molar-refractivity contribution is -0.0826. The Bertz CT molecular complexity index is 1360. The quantitative estimate of drug-likeness (QED) is 0.278. The molecule has 1 saturated carbocycles. The lowest BCUT2D eigenvalue weighted by Crippen LogP contribution is -2.64. The summed E-state index contributed by atoms with van der Waals surface area (Å²) in [4.78, 5) is 14.1. The van der Waals surface area contributed by atoms with Crippen LogP contribution >= 0.6 is 27.5 Å². The summed E-state index contributed by atoms with van der Waals surface area (Å²) in [5.41, 5.74) is 5.31. The molecule has 8 nitrogen and oxygen atoms in total. The van der Waals surface area contributed by atoms with Crippen LogP contribution in [-0.2, 0) is 9.47 Å². The SMILES string of the molecule is CCCCOC(=O)N1CC2(CC(n3nc(Br)c(-c4c(Cl)c(C)cc5c4cnn5C4CCCCO4)c3C)C2)C1. The van der Waals surface area contributed by atoms with Crippen molar-refractivity contribution in [1.82, 2.24) is 24.5 Å². The summed E-state index contributed by atoms with van der Waals surface area (Å²) >= 11 is 10.7. The first-order chi connectivity index (χ1) is 18.3. The Morgan fingerprint density at radius 1 is 1.24 bits per heavy atom. The average Bonchev–Trinajstić information content (AvgIpc) is 3.39. The zero-order chi connectivity index (χ0) is 26.6. The van der Waals surface area contributed by atoms with E-state index in [1.807, 2.05) is 22.7 Å². The molecule has 3 aromatic rings. The molecule has 0 radical (unpaired) electrons. The molecular weight excluding hydrogens is 570 g/mol. The number of fused-ring (bicyclic) bond motifs is 1. The van der Waals surface area contributed by atoms with Gasteiger partial charge >= 0.3 is 6.09 Å². The first-order valence-corrected chi connectivity index (χ1v) is 14.9. The highest BCUT2D eigenvalue weighted by molar-refractivity contribution is 9.10. The summed E-state index contributed by atoms with van der Waals surface area (Å²) in [5, 5.41) is 11.4. The third-order valence-electron chi connectivity index (χ3n) is 8.53. The number of amides is 1. The van der Waals surface area contributed by atoms with Gasteiger partial charge in [-0.05, 0) is 79.9 Å². The van der Waals surface area contributed by atoms with E-state index in [0.29, 0.717) is 12.6 Å². The fourth-order valence-corrected chi connectivity index (χ4v) is 7.37. The Morgan fingerprint density at radius 3 is 2.74 bits per heavy atom. The van der Waals surface area contributed by atoms with E-state index in [-0.39, 0.29) is 17.7 Å². The average molecular weight is 605 g/mol. The Labute approximate surface area is 236 Å². The fourth-order valence-electron chi connectivity index (χ4n) is 6.46. The van der Waals surface area contributed by atoms with Gasteiger partial charge in [0.05, 0.1) is 29.4 Å². The van der Waals surface area contributed by atoms with Gasteiger partial charge in [0.15, 0.2) is 6.23 Å². The highest BCUT2D eigenvalue weighted by atomic mass is 79.9. The van der Waals surface area contributed by atoms with Crippen molar-refractivity contribution >= 4 is 44.5 Å². The molecule has 3 aliphatic rings. The molecule has 204 valence electrons. The van der Waals surface area contributed by atoms with Crippen molar-refractivity contribution in [3.8, 4) is 11.1 Å². The minimum Gasteiger partial charge on any atom is -0.449 e. The van der Waals surface area contributed by atoms with Gasteiger partial charge in [-0.25, -0.2) is 9.48 Å². The van der Waals surface area contributed by atoms with Gasteiger partial charge in [-0.2, -0.15) is 10.2 Å². The number of rotatable bonds is 6.